The quantitative estimate of drug-likeness (QED) is 0.752. The van der Waals surface area contributed by atoms with Gasteiger partial charge in [-0.3, -0.25) is 9.59 Å². The molecule has 0 unspecified atom stereocenters. The maximum absolute atomic E-state index is 12.9. The second-order valence-corrected chi connectivity index (χ2v) is 8.23. The Kier molecular flexibility index (Phi) is 4.78. The van der Waals surface area contributed by atoms with Crippen LogP contribution in [0.3, 0.4) is 0 Å². The van der Waals surface area contributed by atoms with Crippen molar-refractivity contribution in [1.82, 2.24) is 15.0 Å². The topological polar surface area (TPSA) is 76.9 Å². The first-order valence-corrected chi connectivity index (χ1v) is 10.1. The molecule has 7 heteroatoms. The SMILES string of the molecule is CCc1ccccc1NC(=O)Cn1nnc2sc3c(c2c1=O)CC[C@H](C)C3. The summed E-state index contributed by atoms with van der Waals surface area (Å²) in [6.45, 7) is 4.13. The van der Waals surface area contributed by atoms with Gasteiger partial charge < -0.3 is 5.32 Å². The molecule has 0 saturated carbocycles. The van der Waals surface area contributed by atoms with Crippen molar-refractivity contribution in [1.29, 1.82) is 0 Å². The minimum absolute atomic E-state index is 0.138. The summed E-state index contributed by atoms with van der Waals surface area (Å²) in [5.41, 5.74) is 2.72. The third-order valence-corrected chi connectivity index (χ3v) is 6.29. The Morgan fingerprint density at radius 3 is 3.00 bits per heavy atom. The van der Waals surface area contributed by atoms with E-state index in [0.29, 0.717) is 16.1 Å². The van der Waals surface area contributed by atoms with Crippen molar-refractivity contribution in [2.75, 3.05) is 5.32 Å². The number of carbonyl (C=O) groups is 1. The van der Waals surface area contributed by atoms with Gasteiger partial charge in [-0.25, -0.2) is 4.68 Å². The number of nitrogens with zero attached hydrogens (tertiary/aromatic N) is 3. The number of anilines is 1. The predicted molar refractivity (Wildman–Crippen MR) is 107 cm³/mol. The number of benzene rings is 1. The highest BCUT2D eigenvalue weighted by Gasteiger charge is 2.24. The summed E-state index contributed by atoms with van der Waals surface area (Å²) in [6.07, 6.45) is 3.79. The van der Waals surface area contributed by atoms with Crippen molar-refractivity contribution in [2.24, 2.45) is 5.92 Å². The number of hydrogen-bond acceptors (Lipinski definition) is 5. The summed E-state index contributed by atoms with van der Waals surface area (Å²) >= 11 is 1.57. The average Bonchev–Trinajstić information content (AvgIpc) is 3.02. The maximum atomic E-state index is 12.9. The first-order chi connectivity index (χ1) is 13.1. The van der Waals surface area contributed by atoms with E-state index in [0.717, 1.165) is 42.5 Å². The van der Waals surface area contributed by atoms with Crippen LogP contribution in [0.25, 0.3) is 10.2 Å². The molecule has 0 radical (unpaired) electrons. The van der Waals surface area contributed by atoms with E-state index >= 15 is 0 Å². The third-order valence-electron chi connectivity index (χ3n) is 5.15. The van der Waals surface area contributed by atoms with Crippen LogP contribution in [0.4, 0.5) is 5.69 Å². The highest BCUT2D eigenvalue weighted by molar-refractivity contribution is 7.18. The van der Waals surface area contributed by atoms with E-state index in [1.807, 2.05) is 31.2 Å². The Labute approximate surface area is 161 Å². The van der Waals surface area contributed by atoms with Gasteiger partial charge in [0.2, 0.25) is 5.91 Å². The molecule has 0 saturated heterocycles. The van der Waals surface area contributed by atoms with E-state index in [9.17, 15) is 9.59 Å². The van der Waals surface area contributed by atoms with Crippen LogP contribution < -0.4 is 10.9 Å². The van der Waals surface area contributed by atoms with E-state index in [2.05, 4.69) is 22.6 Å². The van der Waals surface area contributed by atoms with Crippen LogP contribution in [0, 0.1) is 5.92 Å². The Hall–Kier alpha value is -2.54. The maximum Gasteiger partial charge on any atom is 0.279 e. The van der Waals surface area contributed by atoms with Crippen molar-refractivity contribution >= 4 is 33.1 Å². The minimum Gasteiger partial charge on any atom is -0.324 e. The Morgan fingerprint density at radius 2 is 2.19 bits per heavy atom. The highest BCUT2D eigenvalue weighted by atomic mass is 32.1. The zero-order chi connectivity index (χ0) is 19.0. The smallest absolute Gasteiger partial charge is 0.279 e. The normalized spacial score (nSPS) is 16.3. The van der Waals surface area contributed by atoms with Crippen molar-refractivity contribution in [3.8, 4) is 0 Å². The van der Waals surface area contributed by atoms with Gasteiger partial charge in [-0.2, -0.15) is 0 Å². The molecular formula is C20H22N4O2S. The third kappa shape index (κ3) is 3.39. The van der Waals surface area contributed by atoms with E-state index in [1.54, 1.807) is 11.3 Å². The zero-order valence-electron chi connectivity index (χ0n) is 15.5. The molecule has 27 heavy (non-hydrogen) atoms. The summed E-state index contributed by atoms with van der Waals surface area (Å²) in [7, 11) is 0. The fraction of sp³-hybridized carbons (Fsp3) is 0.400. The van der Waals surface area contributed by atoms with Crippen molar-refractivity contribution in [3.63, 3.8) is 0 Å². The van der Waals surface area contributed by atoms with E-state index in [4.69, 9.17) is 0 Å². The van der Waals surface area contributed by atoms with Crippen LogP contribution >= 0.6 is 11.3 Å². The Bertz CT molecular complexity index is 1070. The molecule has 1 aliphatic carbocycles. The molecule has 0 spiro atoms. The molecule has 2 heterocycles. The van der Waals surface area contributed by atoms with Gasteiger partial charge in [0.05, 0.1) is 5.39 Å². The number of amides is 1. The van der Waals surface area contributed by atoms with Crippen molar-refractivity contribution in [2.45, 2.75) is 46.1 Å². The zero-order valence-corrected chi connectivity index (χ0v) is 16.3. The molecule has 0 fully saturated rings. The number of aryl methyl sites for hydroxylation is 2. The number of aromatic nitrogens is 3. The fourth-order valence-electron chi connectivity index (χ4n) is 3.67. The van der Waals surface area contributed by atoms with Crippen LogP contribution in [0.15, 0.2) is 29.1 Å². The number of hydrogen-bond donors (Lipinski definition) is 1. The Balaban J connectivity index is 1.62. The standard InChI is InChI=1S/C20H22N4O2S/c1-3-13-6-4-5-7-15(13)21-17(25)11-24-20(26)18-14-9-8-12(2)10-16(14)27-19(18)22-23-24/h4-7,12H,3,8-11H2,1-2H3,(H,21,25)/t12-/m0/s1. The summed E-state index contributed by atoms with van der Waals surface area (Å²) in [6, 6.07) is 7.67. The molecule has 4 rings (SSSR count). The summed E-state index contributed by atoms with van der Waals surface area (Å²) in [4.78, 5) is 27.3. The van der Waals surface area contributed by atoms with Gasteiger partial charge in [0.15, 0.2) is 4.83 Å². The molecule has 0 bridgehead atoms. The van der Waals surface area contributed by atoms with E-state index in [1.165, 1.54) is 9.56 Å². The molecule has 2 aromatic heterocycles. The van der Waals surface area contributed by atoms with Crippen molar-refractivity contribution in [3.05, 3.63) is 50.6 Å². The Morgan fingerprint density at radius 1 is 1.37 bits per heavy atom. The van der Waals surface area contributed by atoms with Crippen LogP contribution in [0.2, 0.25) is 0 Å². The summed E-state index contributed by atoms with van der Waals surface area (Å²) < 4.78 is 1.18. The summed E-state index contributed by atoms with van der Waals surface area (Å²) in [5, 5.41) is 11.7. The van der Waals surface area contributed by atoms with Crippen LogP contribution in [0.5, 0.6) is 0 Å². The number of rotatable bonds is 4. The van der Waals surface area contributed by atoms with E-state index < -0.39 is 0 Å². The monoisotopic (exact) mass is 382 g/mol. The van der Waals surface area contributed by atoms with Gasteiger partial charge in [0, 0.05) is 10.6 Å². The molecule has 1 atom stereocenters. The van der Waals surface area contributed by atoms with Gasteiger partial charge in [-0.05, 0) is 48.8 Å². The molecule has 1 aromatic carbocycles. The lowest BCUT2D eigenvalue weighted by Gasteiger charge is -2.17. The minimum atomic E-state index is -0.274. The molecule has 1 N–H and O–H groups in total. The number of para-hydroxylation sites is 1. The number of fused-ring (bicyclic) bond motifs is 3. The molecule has 6 nitrogen and oxygen atoms in total. The first-order valence-electron chi connectivity index (χ1n) is 9.32. The van der Waals surface area contributed by atoms with Gasteiger partial charge in [-0.15, -0.1) is 16.4 Å². The largest absolute Gasteiger partial charge is 0.324 e. The van der Waals surface area contributed by atoms with Gasteiger partial charge in [0.1, 0.15) is 6.54 Å². The van der Waals surface area contributed by atoms with Gasteiger partial charge in [-0.1, -0.05) is 37.3 Å². The number of nitrogens with one attached hydrogen (secondary N) is 1. The fourth-order valence-corrected chi connectivity index (χ4v) is 4.99. The highest BCUT2D eigenvalue weighted by Crippen LogP contribution is 2.35. The molecule has 1 amide bonds. The van der Waals surface area contributed by atoms with Gasteiger partial charge >= 0.3 is 0 Å². The van der Waals surface area contributed by atoms with Crippen LogP contribution in [-0.4, -0.2) is 20.9 Å². The van der Waals surface area contributed by atoms with Crippen LogP contribution in [0.1, 0.15) is 36.3 Å². The first kappa shape index (κ1) is 17.9. The molecule has 1 aliphatic rings. The second-order valence-electron chi connectivity index (χ2n) is 7.14. The number of thiophene rings is 1. The molecule has 0 aliphatic heterocycles. The van der Waals surface area contributed by atoms with Crippen LogP contribution in [-0.2, 0) is 30.6 Å². The summed E-state index contributed by atoms with van der Waals surface area (Å²) in [5.74, 6) is 0.356. The van der Waals surface area contributed by atoms with E-state index in [-0.39, 0.29) is 18.0 Å². The van der Waals surface area contributed by atoms with Gasteiger partial charge in [0.25, 0.3) is 5.56 Å². The lowest BCUT2D eigenvalue weighted by molar-refractivity contribution is -0.117. The second kappa shape index (κ2) is 7.23. The lowest BCUT2D eigenvalue weighted by Crippen LogP contribution is -2.30. The predicted octanol–water partition coefficient (Wildman–Crippen LogP) is 3.18. The molecular weight excluding hydrogens is 360 g/mol. The number of carbonyl (C=O) groups excluding carboxylic acids is 1. The lowest BCUT2D eigenvalue weighted by atomic mass is 9.89. The molecule has 140 valence electrons. The average molecular weight is 382 g/mol. The van der Waals surface area contributed by atoms with Crippen molar-refractivity contribution < 1.29 is 4.79 Å². The molecule has 3 aromatic rings.